The molecule has 0 aromatic heterocycles. The number of benzene rings is 2. The summed E-state index contributed by atoms with van der Waals surface area (Å²) in [5, 5.41) is 10.7. The fourth-order valence-electron chi connectivity index (χ4n) is 3.04. The molecule has 1 saturated heterocycles. The lowest BCUT2D eigenvalue weighted by Crippen LogP contribution is -2.41. The molecule has 1 N–H and O–H groups in total. The van der Waals surface area contributed by atoms with Crippen LogP contribution in [-0.2, 0) is 10.3 Å². The number of hydrogen-bond acceptors (Lipinski definition) is 3. The highest BCUT2D eigenvalue weighted by atomic mass is 35.5. The molecule has 3 nitrogen and oxygen atoms in total. The Morgan fingerprint density at radius 1 is 1.25 bits per heavy atom. The van der Waals surface area contributed by atoms with Gasteiger partial charge in [-0.05, 0) is 17.7 Å². The van der Waals surface area contributed by atoms with Crippen molar-refractivity contribution < 1.29 is 27.8 Å². The van der Waals surface area contributed by atoms with E-state index in [4.69, 9.17) is 21.1 Å². The summed E-state index contributed by atoms with van der Waals surface area (Å²) in [5.41, 5.74) is -3.19. The van der Waals surface area contributed by atoms with Crippen molar-refractivity contribution in [2.75, 3.05) is 13.2 Å². The molecular weight excluding hydrogens is 345 g/mol. The van der Waals surface area contributed by atoms with E-state index in [2.05, 4.69) is 0 Å². The van der Waals surface area contributed by atoms with Gasteiger partial charge in [-0.15, -0.1) is 0 Å². The zero-order valence-corrected chi connectivity index (χ0v) is 13.0. The van der Waals surface area contributed by atoms with Crippen LogP contribution >= 0.6 is 11.6 Å². The molecule has 0 saturated carbocycles. The molecule has 1 aliphatic carbocycles. The van der Waals surface area contributed by atoms with Gasteiger partial charge in [0, 0.05) is 16.7 Å². The van der Waals surface area contributed by atoms with Gasteiger partial charge in [0.2, 0.25) is 5.60 Å². The van der Waals surface area contributed by atoms with Crippen molar-refractivity contribution in [1.82, 2.24) is 0 Å². The van der Waals surface area contributed by atoms with Crippen molar-refractivity contribution in [2.24, 2.45) is 0 Å². The second-order valence-electron chi connectivity index (χ2n) is 5.85. The molecule has 2 aliphatic rings. The third-order valence-corrected chi connectivity index (χ3v) is 4.59. The topological polar surface area (TPSA) is 42.0 Å². The predicted octanol–water partition coefficient (Wildman–Crippen LogP) is 3.90. The molecule has 4 rings (SSSR count). The molecule has 24 heavy (non-hydrogen) atoms. The second kappa shape index (κ2) is 5.12. The summed E-state index contributed by atoms with van der Waals surface area (Å²) in [6.07, 6.45) is -4.94. The van der Waals surface area contributed by atoms with Gasteiger partial charge in [-0.2, -0.15) is 13.2 Å². The van der Waals surface area contributed by atoms with Crippen LogP contribution in [0.1, 0.15) is 11.1 Å². The van der Waals surface area contributed by atoms with Crippen LogP contribution in [0.2, 0.25) is 5.02 Å². The van der Waals surface area contributed by atoms with E-state index >= 15 is 0 Å². The zero-order valence-electron chi connectivity index (χ0n) is 12.2. The number of ether oxygens (including phenoxy) is 2. The molecule has 126 valence electrons. The molecule has 0 amide bonds. The number of rotatable bonds is 3. The molecular formula is C17H12ClF3O3. The van der Waals surface area contributed by atoms with Gasteiger partial charge in [0.1, 0.15) is 18.5 Å². The number of alkyl halides is 3. The van der Waals surface area contributed by atoms with E-state index in [0.717, 1.165) is 0 Å². The fraction of sp³-hybridized carbons (Fsp3) is 0.294. The Labute approximate surface area is 140 Å². The number of fused-ring (bicyclic) bond motifs is 3. The first kappa shape index (κ1) is 15.7. The van der Waals surface area contributed by atoms with Gasteiger partial charge in [0.05, 0.1) is 11.6 Å². The highest BCUT2D eigenvalue weighted by Gasteiger charge is 2.61. The molecule has 0 bridgehead atoms. The molecule has 0 unspecified atom stereocenters. The van der Waals surface area contributed by atoms with Crippen molar-refractivity contribution in [3.05, 3.63) is 52.5 Å². The van der Waals surface area contributed by atoms with Crippen LogP contribution in [0.5, 0.6) is 5.75 Å². The first-order chi connectivity index (χ1) is 11.3. The van der Waals surface area contributed by atoms with E-state index in [-0.39, 0.29) is 45.7 Å². The van der Waals surface area contributed by atoms with Gasteiger partial charge in [0.15, 0.2) is 0 Å². The summed E-state index contributed by atoms with van der Waals surface area (Å²) >= 11 is 6.22. The minimum atomic E-state index is -4.89. The summed E-state index contributed by atoms with van der Waals surface area (Å²) in [4.78, 5) is 0. The van der Waals surface area contributed by atoms with Gasteiger partial charge in [-0.1, -0.05) is 35.9 Å². The van der Waals surface area contributed by atoms with Crippen molar-refractivity contribution >= 4 is 11.6 Å². The summed E-state index contributed by atoms with van der Waals surface area (Å²) in [7, 11) is 0. The molecule has 2 aromatic carbocycles. The highest BCUT2D eigenvalue weighted by Crippen LogP contribution is 2.57. The number of epoxide rings is 1. The molecule has 0 radical (unpaired) electrons. The molecule has 1 heterocycles. The van der Waals surface area contributed by atoms with Crippen LogP contribution in [0.4, 0.5) is 13.2 Å². The second-order valence-corrected chi connectivity index (χ2v) is 6.25. The quantitative estimate of drug-likeness (QED) is 0.848. The van der Waals surface area contributed by atoms with Gasteiger partial charge < -0.3 is 14.6 Å². The van der Waals surface area contributed by atoms with Gasteiger partial charge in [-0.3, -0.25) is 0 Å². The van der Waals surface area contributed by atoms with Crippen LogP contribution in [0.15, 0.2) is 36.4 Å². The lowest BCUT2D eigenvalue weighted by molar-refractivity contribution is -0.246. The summed E-state index contributed by atoms with van der Waals surface area (Å²) < 4.78 is 51.7. The molecule has 1 fully saturated rings. The van der Waals surface area contributed by atoms with E-state index in [9.17, 15) is 18.3 Å². The van der Waals surface area contributed by atoms with Crippen LogP contribution < -0.4 is 4.74 Å². The average Bonchev–Trinajstić information content (AvgIpc) is 3.31. The molecule has 0 spiro atoms. The third-order valence-electron chi connectivity index (χ3n) is 4.29. The van der Waals surface area contributed by atoms with Crippen molar-refractivity contribution in [3.63, 3.8) is 0 Å². The van der Waals surface area contributed by atoms with Gasteiger partial charge in [0.25, 0.3) is 0 Å². The highest BCUT2D eigenvalue weighted by molar-refractivity contribution is 6.34. The maximum atomic E-state index is 13.7. The fourth-order valence-corrected chi connectivity index (χ4v) is 3.36. The Balaban J connectivity index is 1.89. The van der Waals surface area contributed by atoms with Crippen molar-refractivity contribution in [3.8, 4) is 16.9 Å². The van der Waals surface area contributed by atoms with Crippen molar-refractivity contribution in [1.29, 1.82) is 0 Å². The van der Waals surface area contributed by atoms with E-state index in [1.54, 1.807) is 6.07 Å². The molecule has 1 aliphatic heterocycles. The first-order valence-corrected chi connectivity index (χ1v) is 7.67. The van der Waals surface area contributed by atoms with Crippen LogP contribution in [0.25, 0.3) is 11.1 Å². The smallest absolute Gasteiger partial charge is 0.425 e. The normalized spacial score (nSPS) is 24.5. The zero-order chi connectivity index (χ0) is 17.1. The van der Waals surface area contributed by atoms with Gasteiger partial charge >= 0.3 is 6.18 Å². The van der Waals surface area contributed by atoms with E-state index in [0.29, 0.717) is 6.61 Å². The van der Waals surface area contributed by atoms with Gasteiger partial charge in [-0.25, -0.2) is 0 Å². The van der Waals surface area contributed by atoms with Crippen LogP contribution in [-0.4, -0.2) is 30.6 Å². The number of hydrogen-bond donors (Lipinski definition) is 1. The summed E-state index contributed by atoms with van der Waals surface area (Å²) in [6, 6.07) is 8.51. The van der Waals surface area contributed by atoms with E-state index in [1.165, 1.54) is 30.3 Å². The Morgan fingerprint density at radius 2 is 1.96 bits per heavy atom. The maximum absolute atomic E-state index is 13.7. The van der Waals surface area contributed by atoms with E-state index < -0.39 is 11.8 Å². The lowest BCUT2D eigenvalue weighted by atomic mass is 9.90. The summed E-state index contributed by atoms with van der Waals surface area (Å²) in [5.74, 6) is 0.171. The third kappa shape index (κ3) is 2.21. The Morgan fingerprint density at radius 3 is 2.62 bits per heavy atom. The lowest BCUT2D eigenvalue weighted by Gasteiger charge is -2.28. The average molecular weight is 357 g/mol. The molecule has 7 heteroatoms. The van der Waals surface area contributed by atoms with Crippen LogP contribution in [0, 0.1) is 0 Å². The molecule has 2 aromatic rings. The minimum Gasteiger partial charge on any atom is -0.491 e. The Kier molecular flexibility index (Phi) is 3.36. The standard InChI is InChI=1S/C17H12ClF3O3/c18-14-6-9(23-7-10-8-24-10)5-13-15(14)11-3-1-2-4-12(11)16(13,22)17(19,20)21/h1-6,10,22H,7-8H2/t10-,16+/m0/s1. The monoisotopic (exact) mass is 356 g/mol. The SMILES string of the molecule is O[C@]1(C(F)(F)F)c2ccccc2-c2c(Cl)cc(OC[C@H]3CO3)cc21. The number of halogens is 4. The van der Waals surface area contributed by atoms with E-state index in [1.807, 2.05) is 0 Å². The van der Waals surface area contributed by atoms with Crippen molar-refractivity contribution in [2.45, 2.75) is 17.9 Å². The Hall–Kier alpha value is -1.76. The maximum Gasteiger partial charge on any atom is 0.425 e. The van der Waals surface area contributed by atoms with Crippen LogP contribution in [0.3, 0.4) is 0 Å². The number of aliphatic hydroxyl groups is 1. The predicted molar refractivity (Wildman–Crippen MR) is 81.2 cm³/mol. The first-order valence-electron chi connectivity index (χ1n) is 7.30. The minimum absolute atomic E-state index is 0.0456. The summed E-state index contributed by atoms with van der Waals surface area (Å²) in [6.45, 7) is 0.795. The Bertz CT molecular complexity index is 817. The largest absolute Gasteiger partial charge is 0.491 e. The molecule has 2 atom stereocenters.